The van der Waals surface area contributed by atoms with Crippen molar-refractivity contribution >= 4 is 74.0 Å². The van der Waals surface area contributed by atoms with Gasteiger partial charge < -0.3 is 40.6 Å². The van der Waals surface area contributed by atoms with Gasteiger partial charge in [-0.25, -0.2) is 4.98 Å². The van der Waals surface area contributed by atoms with Crippen LogP contribution in [0.1, 0.15) is 83.3 Å². The second-order valence-electron chi connectivity index (χ2n) is 27.6. The first-order valence-corrected chi connectivity index (χ1v) is 38.6. The number of hydrogen-bond donors (Lipinski definition) is 0. The Labute approximate surface area is 635 Å². The van der Waals surface area contributed by atoms with Gasteiger partial charge in [0.15, 0.2) is 0 Å². The average molecular weight is 1490 g/mol. The third kappa shape index (κ3) is 22.3. The lowest BCUT2D eigenvalue weighted by Gasteiger charge is -2.38. The molecule has 5 fully saturated rings. The summed E-state index contributed by atoms with van der Waals surface area (Å²) in [5.74, 6) is 0. The standard InChI is InChI=1S/C33H41N5O.C28H38N4O.C20H22ClN3O.CH4.CH3.2O2S/c1-26(2)36-17-19-37(20-18-36)28-12-10-27(11-13-28)33-31-25-30(9-6-16-35-21-23-39-24-22-35)38(32(31)14-15-34-33)29-7-4-3-5-8-29;1-22(2)31-12-14-32(15-13-31)26-7-5-24(6-8-26)28-27-21-23(20-25(27)9-10-29-28)4-3-11-30-16-18-33-19-17-30;21-20-18-15-17(7-4-10-23-11-13-25-14-12-23)24(19(18)8-9-22-20)16-5-2-1-3-6-16;;;2*1-3-2/h3-5,7-8,10-15,25-26H,6,9,16-24H2,1-2H3;5-10,21-22H,3-4,11-20H2,1-2H3;1-3,5-6,8-9,15H,4,7,10-14H2;1H4;1H3;;/q;;;;-1;;. The summed E-state index contributed by atoms with van der Waals surface area (Å²) in [6.45, 7) is 33.0. The number of piperazine rings is 2. The SMILES string of the molecule is C.CC(C)N1CCN(c2ccc(-c3nccc4c3C=C(CCCN3CCOCC3)C4)cc2)CC1.CC(C)N1CCN(c2ccc(-c3nccc4c3cc(CCCN3CCOCC3)n4-c3ccccc3)cc2)CC1.Clc1nccc2c1cc(CCCN1CCOCC1)n2-c1ccccc1.O=S=O.O=S=O.[CH3-]. The van der Waals surface area contributed by atoms with Gasteiger partial charge in [0, 0.05) is 184 Å². The van der Waals surface area contributed by atoms with Crippen LogP contribution in [0, 0.1) is 7.43 Å². The van der Waals surface area contributed by atoms with Gasteiger partial charge in [0.25, 0.3) is 0 Å². The van der Waals surface area contributed by atoms with Crippen molar-refractivity contribution in [1.82, 2.24) is 48.6 Å². The molecule has 10 heterocycles. The van der Waals surface area contributed by atoms with Crippen molar-refractivity contribution in [2.75, 3.05) is 161 Å². The molecule has 5 aromatic heterocycles. The summed E-state index contributed by atoms with van der Waals surface area (Å²) < 4.78 is 54.3. The summed E-state index contributed by atoms with van der Waals surface area (Å²) in [5, 5.41) is 2.82. The Hall–Kier alpha value is -7.64. The number of allylic oxidation sites excluding steroid dienone is 1. The van der Waals surface area contributed by atoms with Gasteiger partial charge in [0.1, 0.15) is 5.15 Å². The van der Waals surface area contributed by atoms with Crippen LogP contribution in [0.25, 0.3) is 61.8 Å². The van der Waals surface area contributed by atoms with Crippen LogP contribution in [0.3, 0.4) is 0 Å². The Morgan fingerprint density at radius 1 is 0.438 bits per heavy atom. The Bertz CT molecular complexity index is 4180. The maximum Gasteiger partial charge on any atom is 0.335 e. The number of ether oxygens (including phenoxy) is 3. The van der Waals surface area contributed by atoms with E-state index in [1.807, 2.05) is 24.5 Å². The molecular weight excluding hydrogens is 1380 g/mol. The first kappa shape index (κ1) is 81.4. The Balaban J connectivity index is 0.000000177. The number of aromatic nitrogens is 5. The van der Waals surface area contributed by atoms with Crippen LogP contribution in [0.15, 0.2) is 164 Å². The molecule has 19 nitrogen and oxygen atoms in total. The number of fused-ring (bicyclic) bond motifs is 3. The van der Waals surface area contributed by atoms with E-state index in [9.17, 15) is 0 Å². The zero-order valence-electron chi connectivity index (χ0n) is 61.4. The number of morpholine rings is 3. The first-order chi connectivity index (χ1) is 50.5. The van der Waals surface area contributed by atoms with E-state index in [0.29, 0.717) is 17.2 Å². The fraction of sp³-hybridized carbons (Fsp3) is 0.446. The fourth-order valence-electron chi connectivity index (χ4n) is 15.0. The number of hydrogen-bond acceptors (Lipinski definition) is 17. The van der Waals surface area contributed by atoms with E-state index in [2.05, 4.69) is 210 Å². The van der Waals surface area contributed by atoms with Crippen molar-refractivity contribution in [1.29, 1.82) is 0 Å². The second kappa shape index (κ2) is 42.0. The molecule has 0 spiro atoms. The van der Waals surface area contributed by atoms with Crippen LogP contribution in [0.4, 0.5) is 11.4 Å². The van der Waals surface area contributed by atoms with Crippen LogP contribution < -0.4 is 9.80 Å². The van der Waals surface area contributed by atoms with Gasteiger partial charge in [0.05, 0.1) is 62.1 Å². The molecule has 0 bridgehead atoms. The Morgan fingerprint density at radius 2 is 0.819 bits per heavy atom. The Kier molecular flexibility index (Phi) is 32.6. The second-order valence-corrected chi connectivity index (χ2v) is 28.2. The third-order valence-corrected chi connectivity index (χ3v) is 20.9. The van der Waals surface area contributed by atoms with Crippen LogP contribution in [0.5, 0.6) is 0 Å². The summed E-state index contributed by atoms with van der Waals surface area (Å²) in [6, 6.07) is 51.6. The molecule has 15 rings (SSSR count). The molecule has 0 amide bonds. The minimum Gasteiger partial charge on any atom is -0.379 e. The quantitative estimate of drug-likeness (QED) is 0.0521. The van der Waals surface area contributed by atoms with Crippen LogP contribution in [-0.2, 0) is 56.6 Å². The highest BCUT2D eigenvalue weighted by Gasteiger charge is 2.25. The van der Waals surface area contributed by atoms with Gasteiger partial charge in [-0.15, -0.1) is 0 Å². The fourth-order valence-corrected chi connectivity index (χ4v) is 15.3. The van der Waals surface area contributed by atoms with E-state index in [-0.39, 0.29) is 14.9 Å². The average Bonchev–Trinajstić information content (AvgIpc) is 1.63. The minimum atomic E-state index is -0.750. The molecule has 5 saturated heterocycles. The topological polar surface area (TPSA) is 167 Å². The molecule has 0 unspecified atom stereocenters. The van der Waals surface area contributed by atoms with Gasteiger partial charge in [-0.2, -0.15) is 16.8 Å². The number of benzene rings is 4. The van der Waals surface area contributed by atoms with E-state index in [0.717, 1.165) is 199 Å². The van der Waals surface area contributed by atoms with Crippen molar-refractivity contribution < 1.29 is 31.0 Å². The Morgan fingerprint density at radius 3 is 1.26 bits per heavy atom. The normalized spacial score (nSPS) is 16.6. The van der Waals surface area contributed by atoms with Gasteiger partial charge in [-0.3, -0.25) is 34.5 Å². The molecule has 0 saturated carbocycles. The number of pyridine rings is 3. The maximum absolute atomic E-state index is 8.29. The predicted molar refractivity (Wildman–Crippen MR) is 430 cm³/mol. The number of anilines is 2. The highest BCUT2D eigenvalue weighted by atomic mass is 35.5. The van der Waals surface area contributed by atoms with Gasteiger partial charge in [-0.05, 0) is 177 Å². The molecule has 105 heavy (non-hydrogen) atoms. The molecule has 9 aromatic rings. The number of rotatable bonds is 20. The minimum absolute atomic E-state index is 0. The van der Waals surface area contributed by atoms with Crippen molar-refractivity contribution in [3.05, 3.63) is 199 Å². The molecular formula is C83H108ClN12O7S2-. The highest BCUT2D eigenvalue weighted by molar-refractivity contribution is 7.52. The van der Waals surface area contributed by atoms with E-state index in [1.165, 1.54) is 86.7 Å². The summed E-state index contributed by atoms with van der Waals surface area (Å²) in [4.78, 5) is 31.6. The molecule has 6 aliphatic rings. The zero-order chi connectivity index (χ0) is 71.7. The van der Waals surface area contributed by atoms with E-state index in [4.69, 9.17) is 52.6 Å². The smallest absolute Gasteiger partial charge is 0.335 e. The molecule has 562 valence electrons. The lowest BCUT2D eigenvalue weighted by atomic mass is 10.0. The van der Waals surface area contributed by atoms with Gasteiger partial charge in [-0.1, -0.05) is 91.3 Å². The molecule has 0 radical (unpaired) electrons. The maximum atomic E-state index is 8.29. The molecule has 4 aromatic carbocycles. The number of halogens is 1. The van der Waals surface area contributed by atoms with Crippen molar-refractivity contribution in [3.8, 4) is 33.9 Å². The van der Waals surface area contributed by atoms with Gasteiger partial charge in [0.2, 0.25) is 0 Å². The van der Waals surface area contributed by atoms with Crippen LogP contribution >= 0.6 is 11.6 Å². The number of para-hydroxylation sites is 2. The monoisotopic (exact) mass is 1480 g/mol. The predicted octanol–water partition coefficient (Wildman–Crippen LogP) is 13.5. The van der Waals surface area contributed by atoms with Crippen molar-refractivity contribution in [3.63, 3.8) is 0 Å². The molecule has 0 N–H and O–H groups in total. The van der Waals surface area contributed by atoms with Crippen LogP contribution in [-0.4, -0.2) is 228 Å². The largest absolute Gasteiger partial charge is 0.379 e. The summed E-state index contributed by atoms with van der Waals surface area (Å²) in [6.07, 6.45) is 15.9. The number of nitrogens with zero attached hydrogens (tertiary/aromatic N) is 12. The lowest BCUT2D eigenvalue weighted by molar-refractivity contribution is 0.0374. The molecule has 0 atom stereocenters. The van der Waals surface area contributed by atoms with E-state index in [1.54, 1.807) is 11.8 Å². The zero-order valence-corrected chi connectivity index (χ0v) is 63.8. The van der Waals surface area contributed by atoms with E-state index < -0.39 is 23.1 Å². The first-order valence-electron chi connectivity index (χ1n) is 36.9. The van der Waals surface area contributed by atoms with Crippen molar-refractivity contribution in [2.24, 2.45) is 0 Å². The lowest BCUT2D eigenvalue weighted by Crippen LogP contribution is -2.48. The highest BCUT2D eigenvalue weighted by Crippen LogP contribution is 2.37. The third-order valence-electron chi connectivity index (χ3n) is 20.6. The van der Waals surface area contributed by atoms with Crippen LogP contribution in [0.2, 0.25) is 5.15 Å². The summed E-state index contributed by atoms with van der Waals surface area (Å²) >= 11 is 4.84. The van der Waals surface area contributed by atoms with Crippen molar-refractivity contribution in [2.45, 2.75) is 92.2 Å². The number of aryl methyl sites for hydroxylation is 2. The van der Waals surface area contributed by atoms with E-state index >= 15 is 0 Å². The summed E-state index contributed by atoms with van der Waals surface area (Å²) in [7, 11) is 0. The summed E-state index contributed by atoms with van der Waals surface area (Å²) in [5.41, 5.74) is 18.9. The van der Waals surface area contributed by atoms with Gasteiger partial charge >= 0.3 is 23.1 Å². The molecule has 1 aliphatic carbocycles. The molecule has 5 aliphatic heterocycles. The molecule has 22 heteroatoms.